The molecule has 94 valence electrons. The number of aliphatic hydroxyl groups excluding tert-OH is 1. The summed E-state index contributed by atoms with van der Waals surface area (Å²) in [5, 5.41) is 12.2. The van der Waals surface area contributed by atoms with E-state index in [4.69, 9.17) is 5.11 Å². The largest absolute Gasteiger partial charge is 0.360 e. The Morgan fingerprint density at radius 1 is 1.17 bits per heavy atom. The predicted octanol–water partition coefficient (Wildman–Crippen LogP) is 4.30. The maximum atomic E-state index is 13.1. The Bertz CT molecular complexity index is 557. The first-order valence-corrected chi connectivity index (χ1v) is 6.60. The van der Waals surface area contributed by atoms with Crippen molar-refractivity contribution in [1.82, 2.24) is 0 Å². The van der Waals surface area contributed by atoms with Crippen LogP contribution in [-0.4, -0.2) is 5.11 Å². The SMILES string of the molecule is Cc1cc(I)ccc1Nc1ccccc1C(O)F. The number of aryl methyl sites for hydroxylation is 1. The fourth-order valence-corrected chi connectivity index (χ4v) is 2.38. The second-order valence-corrected chi connectivity index (χ2v) is 5.25. The van der Waals surface area contributed by atoms with E-state index in [9.17, 15) is 4.39 Å². The molecule has 1 unspecified atom stereocenters. The Kier molecular flexibility index (Phi) is 4.19. The van der Waals surface area contributed by atoms with Crippen molar-refractivity contribution < 1.29 is 9.50 Å². The smallest absolute Gasteiger partial charge is 0.224 e. The number of nitrogens with one attached hydrogen (secondary N) is 1. The predicted molar refractivity (Wildman–Crippen MR) is 79.7 cm³/mol. The first kappa shape index (κ1) is 13.3. The molecule has 0 saturated heterocycles. The zero-order chi connectivity index (χ0) is 13.1. The molecule has 1 atom stereocenters. The van der Waals surface area contributed by atoms with E-state index in [0.29, 0.717) is 5.69 Å². The molecule has 0 saturated carbocycles. The van der Waals surface area contributed by atoms with Crippen LogP contribution < -0.4 is 5.32 Å². The van der Waals surface area contributed by atoms with Crippen LogP contribution in [0, 0.1) is 10.5 Å². The minimum Gasteiger partial charge on any atom is -0.360 e. The molecule has 0 bridgehead atoms. The Morgan fingerprint density at radius 3 is 2.56 bits per heavy atom. The molecular formula is C14H13FINO. The van der Waals surface area contributed by atoms with Crippen molar-refractivity contribution in [3.8, 4) is 0 Å². The van der Waals surface area contributed by atoms with Crippen LogP contribution in [0.25, 0.3) is 0 Å². The zero-order valence-electron chi connectivity index (χ0n) is 9.82. The normalized spacial score (nSPS) is 12.2. The summed E-state index contributed by atoms with van der Waals surface area (Å²) in [6.07, 6.45) is -1.97. The summed E-state index contributed by atoms with van der Waals surface area (Å²) in [5.41, 5.74) is 2.81. The second-order valence-electron chi connectivity index (χ2n) is 4.01. The van der Waals surface area contributed by atoms with Gasteiger partial charge in [-0.2, -0.15) is 0 Å². The van der Waals surface area contributed by atoms with Crippen LogP contribution in [0.3, 0.4) is 0 Å². The number of hydrogen-bond donors (Lipinski definition) is 2. The van der Waals surface area contributed by atoms with Gasteiger partial charge in [-0.3, -0.25) is 0 Å². The van der Waals surface area contributed by atoms with E-state index in [2.05, 4.69) is 27.9 Å². The Labute approximate surface area is 119 Å². The molecule has 18 heavy (non-hydrogen) atoms. The molecule has 2 nitrogen and oxygen atoms in total. The molecular weight excluding hydrogens is 344 g/mol. The van der Waals surface area contributed by atoms with Gasteiger partial charge in [-0.05, 0) is 59.3 Å². The number of halogens is 2. The highest BCUT2D eigenvalue weighted by Crippen LogP contribution is 2.28. The molecule has 0 fully saturated rings. The van der Waals surface area contributed by atoms with Gasteiger partial charge in [0.15, 0.2) is 0 Å². The number of aliphatic hydroxyl groups is 1. The highest BCUT2D eigenvalue weighted by Gasteiger charge is 2.10. The van der Waals surface area contributed by atoms with Gasteiger partial charge in [0.05, 0.1) is 0 Å². The molecule has 0 spiro atoms. The van der Waals surface area contributed by atoms with Gasteiger partial charge in [0, 0.05) is 20.5 Å². The summed E-state index contributed by atoms with van der Waals surface area (Å²) in [4.78, 5) is 0. The van der Waals surface area contributed by atoms with Crippen LogP contribution in [0.15, 0.2) is 42.5 Å². The first-order valence-electron chi connectivity index (χ1n) is 5.52. The summed E-state index contributed by atoms with van der Waals surface area (Å²) in [7, 11) is 0. The number of alkyl halides is 1. The third-order valence-electron chi connectivity index (χ3n) is 2.68. The summed E-state index contributed by atoms with van der Waals surface area (Å²) in [6, 6.07) is 12.8. The summed E-state index contributed by atoms with van der Waals surface area (Å²) < 4.78 is 14.2. The molecule has 4 heteroatoms. The summed E-state index contributed by atoms with van der Waals surface area (Å²) in [6.45, 7) is 1.99. The zero-order valence-corrected chi connectivity index (χ0v) is 12.0. The Morgan fingerprint density at radius 2 is 1.89 bits per heavy atom. The number of rotatable bonds is 3. The van der Waals surface area contributed by atoms with Crippen molar-refractivity contribution >= 4 is 34.0 Å². The highest BCUT2D eigenvalue weighted by molar-refractivity contribution is 14.1. The third-order valence-corrected chi connectivity index (χ3v) is 3.35. The fraction of sp³-hybridized carbons (Fsp3) is 0.143. The molecule has 0 radical (unpaired) electrons. The molecule has 2 N–H and O–H groups in total. The Hall–Kier alpha value is -1.14. The molecule has 0 heterocycles. The first-order chi connectivity index (χ1) is 8.58. The second kappa shape index (κ2) is 5.67. The molecule has 2 rings (SSSR count). The van der Waals surface area contributed by atoms with E-state index < -0.39 is 6.36 Å². The van der Waals surface area contributed by atoms with Crippen LogP contribution in [0.4, 0.5) is 15.8 Å². The molecule has 0 aliphatic carbocycles. The van der Waals surface area contributed by atoms with Gasteiger partial charge in [-0.1, -0.05) is 18.2 Å². The lowest BCUT2D eigenvalue weighted by Gasteiger charge is -2.14. The van der Waals surface area contributed by atoms with Crippen molar-refractivity contribution in [3.63, 3.8) is 0 Å². The van der Waals surface area contributed by atoms with E-state index in [1.807, 2.05) is 25.1 Å². The van der Waals surface area contributed by atoms with Gasteiger partial charge in [0.2, 0.25) is 6.36 Å². The molecule has 0 aliphatic heterocycles. The van der Waals surface area contributed by atoms with E-state index in [-0.39, 0.29) is 5.56 Å². The lowest BCUT2D eigenvalue weighted by atomic mass is 10.1. The number of hydrogen-bond acceptors (Lipinski definition) is 2. The highest BCUT2D eigenvalue weighted by atomic mass is 127. The number of benzene rings is 2. The standard InChI is InChI=1S/C14H13FINO/c1-9-8-10(16)6-7-12(9)17-13-5-3-2-4-11(13)14(15)18/h2-8,14,17-18H,1H3. The molecule has 2 aromatic carbocycles. The molecule has 2 aromatic rings. The summed E-state index contributed by atoms with van der Waals surface area (Å²) in [5.74, 6) is 0. The van der Waals surface area contributed by atoms with E-state index in [0.717, 1.165) is 14.8 Å². The van der Waals surface area contributed by atoms with E-state index in [1.165, 1.54) is 0 Å². The van der Waals surface area contributed by atoms with Crippen molar-refractivity contribution in [2.24, 2.45) is 0 Å². The van der Waals surface area contributed by atoms with Crippen LogP contribution in [0.5, 0.6) is 0 Å². The Balaban J connectivity index is 2.34. The average molecular weight is 357 g/mol. The summed E-state index contributed by atoms with van der Waals surface area (Å²) >= 11 is 2.24. The maximum Gasteiger partial charge on any atom is 0.224 e. The van der Waals surface area contributed by atoms with Gasteiger partial charge in [0.25, 0.3) is 0 Å². The van der Waals surface area contributed by atoms with Gasteiger partial charge >= 0.3 is 0 Å². The number of para-hydroxylation sites is 1. The van der Waals surface area contributed by atoms with Crippen LogP contribution in [0.2, 0.25) is 0 Å². The van der Waals surface area contributed by atoms with Gasteiger partial charge in [0.1, 0.15) is 0 Å². The lowest BCUT2D eigenvalue weighted by Crippen LogP contribution is -1.99. The van der Waals surface area contributed by atoms with Gasteiger partial charge in [-0.15, -0.1) is 0 Å². The van der Waals surface area contributed by atoms with Crippen molar-refractivity contribution in [1.29, 1.82) is 0 Å². The van der Waals surface area contributed by atoms with Gasteiger partial charge < -0.3 is 10.4 Å². The quantitative estimate of drug-likeness (QED) is 0.803. The lowest BCUT2D eigenvalue weighted by molar-refractivity contribution is 0.0418. The van der Waals surface area contributed by atoms with Crippen LogP contribution in [0.1, 0.15) is 17.5 Å². The monoisotopic (exact) mass is 357 g/mol. The maximum absolute atomic E-state index is 13.1. The number of anilines is 2. The van der Waals surface area contributed by atoms with E-state index >= 15 is 0 Å². The average Bonchev–Trinajstić information content (AvgIpc) is 2.33. The van der Waals surface area contributed by atoms with Crippen LogP contribution >= 0.6 is 22.6 Å². The van der Waals surface area contributed by atoms with Gasteiger partial charge in [-0.25, -0.2) is 4.39 Å². The minimum absolute atomic E-state index is 0.246. The van der Waals surface area contributed by atoms with Crippen molar-refractivity contribution in [2.45, 2.75) is 13.3 Å². The molecule has 0 aromatic heterocycles. The van der Waals surface area contributed by atoms with Crippen LogP contribution in [-0.2, 0) is 0 Å². The fourth-order valence-electron chi connectivity index (χ4n) is 1.73. The van der Waals surface area contributed by atoms with E-state index in [1.54, 1.807) is 24.3 Å². The van der Waals surface area contributed by atoms with Crippen molar-refractivity contribution in [2.75, 3.05) is 5.32 Å². The molecule has 0 amide bonds. The topological polar surface area (TPSA) is 32.3 Å². The molecule has 0 aliphatic rings. The third kappa shape index (κ3) is 3.00. The minimum atomic E-state index is -1.97. The van der Waals surface area contributed by atoms with Crippen molar-refractivity contribution in [3.05, 3.63) is 57.2 Å².